The van der Waals surface area contributed by atoms with Crippen LogP contribution in [0.3, 0.4) is 0 Å². The molecule has 0 saturated carbocycles. The summed E-state index contributed by atoms with van der Waals surface area (Å²) in [7, 11) is -9.17. The van der Waals surface area contributed by atoms with E-state index in [9.17, 15) is 18.0 Å². The number of hydrogen-bond acceptors (Lipinski definition) is 9. The molecule has 0 aliphatic carbocycles. The van der Waals surface area contributed by atoms with Crippen molar-refractivity contribution >= 4 is 26.8 Å². The summed E-state index contributed by atoms with van der Waals surface area (Å²) in [6.07, 6.45) is -1.87. The molecule has 1 spiro atoms. The lowest BCUT2D eigenvalue weighted by atomic mass is 9.89. The molecule has 1 aromatic heterocycles. The Kier molecular flexibility index (Phi) is 8.50. The maximum absolute atomic E-state index is 13.6. The van der Waals surface area contributed by atoms with Crippen LogP contribution in [0.2, 0.25) is 36.3 Å². The number of ether oxygens (including phenoxy) is 1. The molecule has 2 aliphatic heterocycles. The maximum atomic E-state index is 13.6. The SMILES string of the molecule is CCn1c(=O)c(C)cn([C@@H]2O[C@H](CO[Si](C)(C)C(C)(C)C)[C@@]3(OS(=O)(=O)C=C3N)[C@H]2O[Si](C)(C)C(C)(C)C)c1=O. The fraction of sp³-hybridized carbons (Fsp3) is 0.769. The van der Waals surface area contributed by atoms with Crippen LogP contribution < -0.4 is 17.0 Å². The monoisotopic (exact) mass is 617 g/mol. The van der Waals surface area contributed by atoms with E-state index in [4.69, 9.17) is 23.5 Å². The number of aryl methyl sites for hydroxylation is 1. The van der Waals surface area contributed by atoms with Gasteiger partial charge in [-0.05, 0) is 50.1 Å². The van der Waals surface area contributed by atoms with Gasteiger partial charge in [0.15, 0.2) is 28.5 Å². The number of aromatic nitrogens is 2. The third kappa shape index (κ3) is 5.60. The van der Waals surface area contributed by atoms with Crippen LogP contribution in [0, 0.1) is 6.92 Å². The molecule has 2 aliphatic rings. The fourth-order valence-electron chi connectivity index (χ4n) is 4.43. The Bertz CT molecular complexity index is 1400. The van der Waals surface area contributed by atoms with E-state index in [1.807, 2.05) is 33.9 Å². The molecular weight excluding hydrogens is 571 g/mol. The summed E-state index contributed by atoms with van der Waals surface area (Å²) in [4.78, 5) is 26.3. The molecule has 1 saturated heterocycles. The minimum absolute atomic E-state index is 0.0322. The average Bonchev–Trinajstić information content (AvgIpc) is 3.20. The Hall–Kier alpha value is -1.56. The predicted octanol–water partition coefficient (Wildman–Crippen LogP) is 3.55. The third-order valence-electron chi connectivity index (χ3n) is 9.03. The molecule has 14 heteroatoms. The first-order chi connectivity index (χ1) is 17.9. The van der Waals surface area contributed by atoms with E-state index in [1.54, 1.807) is 13.8 Å². The lowest BCUT2D eigenvalue weighted by Crippen LogP contribution is -2.59. The van der Waals surface area contributed by atoms with Gasteiger partial charge in [-0.1, -0.05) is 41.5 Å². The molecule has 228 valence electrons. The van der Waals surface area contributed by atoms with E-state index in [-0.39, 0.29) is 28.9 Å². The van der Waals surface area contributed by atoms with Gasteiger partial charge in [0.2, 0.25) is 0 Å². The van der Waals surface area contributed by atoms with E-state index >= 15 is 0 Å². The van der Waals surface area contributed by atoms with Gasteiger partial charge in [0.1, 0.15) is 12.2 Å². The van der Waals surface area contributed by atoms with E-state index in [0.29, 0.717) is 5.56 Å². The molecule has 4 atom stereocenters. The van der Waals surface area contributed by atoms with E-state index in [2.05, 4.69) is 33.9 Å². The van der Waals surface area contributed by atoms with Crippen molar-refractivity contribution < 1.29 is 26.2 Å². The molecule has 1 aromatic rings. The van der Waals surface area contributed by atoms with Crippen molar-refractivity contribution in [3.63, 3.8) is 0 Å². The number of nitrogens with two attached hydrogens (primary N) is 1. The largest absolute Gasteiger partial charge is 0.414 e. The molecule has 0 unspecified atom stereocenters. The Morgan fingerprint density at radius 3 is 2.05 bits per heavy atom. The summed E-state index contributed by atoms with van der Waals surface area (Å²) >= 11 is 0. The number of nitrogens with zero attached hydrogens (tertiary/aromatic N) is 2. The van der Waals surface area contributed by atoms with Crippen molar-refractivity contribution in [2.75, 3.05) is 6.61 Å². The number of hydrogen-bond donors (Lipinski definition) is 1. The summed E-state index contributed by atoms with van der Waals surface area (Å²) in [6, 6.07) is 0. The highest BCUT2D eigenvalue weighted by Gasteiger charge is 2.67. The second-order valence-corrected chi connectivity index (χ2v) is 24.8. The molecule has 0 radical (unpaired) electrons. The van der Waals surface area contributed by atoms with Gasteiger partial charge < -0.3 is 19.3 Å². The van der Waals surface area contributed by atoms with Gasteiger partial charge in [-0.25, -0.2) is 8.98 Å². The summed E-state index contributed by atoms with van der Waals surface area (Å²) in [5.74, 6) is 0. The first-order valence-corrected chi connectivity index (χ1v) is 20.9. The minimum atomic E-state index is -4.19. The normalized spacial score (nSPS) is 27.4. The maximum Gasteiger partial charge on any atom is 0.333 e. The number of rotatable bonds is 7. The van der Waals surface area contributed by atoms with Crippen LogP contribution in [-0.2, 0) is 34.4 Å². The van der Waals surface area contributed by atoms with Crippen LogP contribution in [0.25, 0.3) is 0 Å². The highest BCUT2D eigenvalue weighted by atomic mass is 32.2. The van der Waals surface area contributed by atoms with E-state index in [0.717, 1.165) is 9.98 Å². The smallest absolute Gasteiger partial charge is 0.333 e. The van der Waals surface area contributed by atoms with E-state index in [1.165, 1.54) is 10.8 Å². The zero-order valence-corrected chi connectivity index (χ0v) is 28.8. The van der Waals surface area contributed by atoms with Gasteiger partial charge in [-0.3, -0.25) is 13.9 Å². The summed E-state index contributed by atoms with van der Waals surface area (Å²) in [5, 5.41) is 0.471. The van der Waals surface area contributed by atoms with Crippen molar-refractivity contribution in [3.8, 4) is 0 Å². The van der Waals surface area contributed by atoms with Gasteiger partial charge in [-0.15, -0.1) is 0 Å². The Balaban J connectivity index is 2.29. The standard InChI is InChI=1S/C26H47N3O8SSi2/c1-13-28-21(30)17(2)14-29(23(28)31)22-20(36-40(11,12)25(6,7)8)26(18(27)16-38(32,33)37-26)19(35-22)15-34-39(9,10)24(3,4)5/h14,16,19-20,22H,13,15,27H2,1-12H3/t19-,20+,22-,26-/m1/s1. The molecule has 40 heavy (non-hydrogen) atoms. The quantitative estimate of drug-likeness (QED) is 0.359. The molecule has 2 N–H and O–H groups in total. The summed E-state index contributed by atoms with van der Waals surface area (Å²) in [5.41, 5.74) is 3.97. The van der Waals surface area contributed by atoms with Crippen molar-refractivity contribution in [3.05, 3.63) is 43.7 Å². The van der Waals surface area contributed by atoms with Crippen molar-refractivity contribution in [2.45, 2.75) is 122 Å². The fourth-order valence-corrected chi connectivity index (χ4v) is 7.94. The lowest BCUT2D eigenvalue weighted by Gasteiger charge is -2.43. The second-order valence-electron chi connectivity index (χ2n) is 13.9. The van der Waals surface area contributed by atoms with Gasteiger partial charge >= 0.3 is 5.69 Å². The van der Waals surface area contributed by atoms with E-state index < -0.39 is 62.0 Å². The van der Waals surface area contributed by atoms with Gasteiger partial charge in [-0.2, -0.15) is 8.42 Å². The Morgan fingerprint density at radius 2 is 1.60 bits per heavy atom. The molecule has 0 amide bonds. The Morgan fingerprint density at radius 1 is 1.05 bits per heavy atom. The zero-order chi connectivity index (χ0) is 30.9. The third-order valence-corrected chi connectivity index (χ3v) is 19.0. The molecule has 3 heterocycles. The molecular formula is C26H47N3O8SSi2. The zero-order valence-electron chi connectivity index (χ0n) is 25.9. The minimum Gasteiger partial charge on any atom is -0.414 e. The topological polar surface area (TPSA) is 141 Å². The Labute approximate surface area is 240 Å². The lowest BCUT2D eigenvalue weighted by molar-refractivity contribution is -0.0567. The first kappa shape index (κ1) is 33.0. The molecule has 0 bridgehead atoms. The average molecular weight is 618 g/mol. The van der Waals surface area contributed by atoms with Crippen LogP contribution in [0.15, 0.2) is 26.9 Å². The highest BCUT2D eigenvalue weighted by molar-refractivity contribution is 7.90. The van der Waals surface area contributed by atoms with Crippen LogP contribution in [-0.4, -0.2) is 58.6 Å². The van der Waals surface area contributed by atoms with Crippen LogP contribution in [0.5, 0.6) is 0 Å². The molecule has 11 nitrogen and oxygen atoms in total. The van der Waals surface area contributed by atoms with Crippen molar-refractivity contribution in [2.24, 2.45) is 5.73 Å². The van der Waals surface area contributed by atoms with Crippen LogP contribution in [0.1, 0.15) is 60.3 Å². The van der Waals surface area contributed by atoms with Crippen LogP contribution >= 0.6 is 0 Å². The van der Waals surface area contributed by atoms with Gasteiger partial charge in [0.05, 0.1) is 17.7 Å². The predicted molar refractivity (Wildman–Crippen MR) is 160 cm³/mol. The van der Waals surface area contributed by atoms with Gasteiger partial charge in [0.25, 0.3) is 15.7 Å². The van der Waals surface area contributed by atoms with Gasteiger partial charge in [0, 0.05) is 18.3 Å². The van der Waals surface area contributed by atoms with Crippen LogP contribution in [0.4, 0.5) is 0 Å². The summed E-state index contributed by atoms with van der Waals surface area (Å²) in [6.45, 7) is 24.0. The summed E-state index contributed by atoms with van der Waals surface area (Å²) < 4.78 is 53.9. The van der Waals surface area contributed by atoms with Crippen molar-refractivity contribution in [1.82, 2.24) is 9.13 Å². The highest BCUT2D eigenvalue weighted by Crippen LogP contribution is 2.52. The molecule has 1 fully saturated rings. The second kappa shape index (κ2) is 10.3. The van der Waals surface area contributed by atoms with Crippen molar-refractivity contribution in [1.29, 1.82) is 0 Å². The first-order valence-electron chi connectivity index (χ1n) is 13.6. The molecule has 3 rings (SSSR count). The molecule has 0 aromatic carbocycles.